The minimum Gasteiger partial charge on any atom is -0.313 e. The van der Waals surface area contributed by atoms with Gasteiger partial charge in [0.05, 0.1) is 0 Å². The SMILES string of the molecule is C1CC[C@H]([C@@]23C[C@H](C[C@H]4CCCN[C@H]42)[C@@H]2CCCCN2C3)NC1. The van der Waals surface area contributed by atoms with Crippen molar-refractivity contribution in [2.45, 2.75) is 82.3 Å². The van der Waals surface area contributed by atoms with Gasteiger partial charge in [0.15, 0.2) is 0 Å². The van der Waals surface area contributed by atoms with Crippen LogP contribution in [0, 0.1) is 17.3 Å². The first-order valence-electron chi connectivity index (χ1n) is 10.6. The number of piperidine rings is 4. The molecular formula is C20H35N3. The molecule has 5 aliphatic rings. The van der Waals surface area contributed by atoms with Crippen molar-refractivity contribution in [1.82, 2.24) is 15.5 Å². The van der Waals surface area contributed by atoms with Crippen molar-refractivity contribution in [2.24, 2.45) is 17.3 Å². The van der Waals surface area contributed by atoms with E-state index in [1.807, 2.05) is 0 Å². The Kier molecular flexibility index (Phi) is 3.95. The molecule has 5 rings (SSSR count). The molecule has 0 radical (unpaired) electrons. The average molecular weight is 318 g/mol. The molecule has 2 bridgehead atoms. The van der Waals surface area contributed by atoms with Gasteiger partial charge in [-0.2, -0.15) is 0 Å². The third-order valence-electron chi connectivity index (χ3n) is 8.16. The maximum absolute atomic E-state index is 4.04. The summed E-state index contributed by atoms with van der Waals surface area (Å²) in [6, 6.07) is 2.51. The normalized spacial score (nSPS) is 50.9. The molecule has 5 fully saturated rings. The Balaban J connectivity index is 1.50. The molecule has 2 N–H and O–H groups in total. The number of hydrogen-bond acceptors (Lipinski definition) is 3. The lowest BCUT2D eigenvalue weighted by Crippen LogP contribution is -2.72. The fourth-order valence-electron chi connectivity index (χ4n) is 7.36. The Morgan fingerprint density at radius 1 is 0.826 bits per heavy atom. The molecular weight excluding hydrogens is 282 g/mol. The van der Waals surface area contributed by atoms with E-state index in [0.29, 0.717) is 5.41 Å². The van der Waals surface area contributed by atoms with Crippen LogP contribution in [0.3, 0.4) is 0 Å². The third kappa shape index (κ3) is 2.41. The molecule has 0 spiro atoms. The van der Waals surface area contributed by atoms with E-state index in [1.165, 1.54) is 90.4 Å². The van der Waals surface area contributed by atoms with E-state index < -0.39 is 0 Å². The van der Waals surface area contributed by atoms with Crippen molar-refractivity contribution in [3.05, 3.63) is 0 Å². The van der Waals surface area contributed by atoms with Crippen LogP contribution >= 0.6 is 0 Å². The number of nitrogens with one attached hydrogen (secondary N) is 2. The molecule has 130 valence electrons. The predicted molar refractivity (Wildman–Crippen MR) is 94.5 cm³/mol. The maximum Gasteiger partial charge on any atom is 0.0179 e. The number of fused-ring (bicyclic) bond motifs is 6. The van der Waals surface area contributed by atoms with E-state index in [2.05, 4.69) is 15.5 Å². The zero-order valence-corrected chi connectivity index (χ0v) is 14.7. The molecule has 0 aromatic rings. The van der Waals surface area contributed by atoms with Gasteiger partial charge in [-0.1, -0.05) is 12.8 Å². The monoisotopic (exact) mass is 317 g/mol. The van der Waals surface area contributed by atoms with Crippen molar-refractivity contribution in [3.63, 3.8) is 0 Å². The van der Waals surface area contributed by atoms with E-state index in [1.54, 1.807) is 0 Å². The standard InChI is InChI=1S/C20H35N3/c1-3-9-21-18(8-1)20-13-16(12-15-6-5-10-22-19(15)20)17-7-2-4-11-23(17)14-20/h15-19,21-22H,1-14H2/t15-,16+,17+,18-,19-,20+/m1/s1. The Bertz CT molecular complexity index is 431. The lowest BCUT2D eigenvalue weighted by atomic mass is 9.52. The highest BCUT2D eigenvalue weighted by atomic mass is 15.2. The Morgan fingerprint density at radius 2 is 1.74 bits per heavy atom. The number of hydrogen-bond donors (Lipinski definition) is 2. The minimum atomic E-state index is 0.530. The van der Waals surface area contributed by atoms with E-state index in [9.17, 15) is 0 Å². The van der Waals surface area contributed by atoms with Gasteiger partial charge in [-0.3, -0.25) is 4.90 Å². The van der Waals surface area contributed by atoms with E-state index in [-0.39, 0.29) is 0 Å². The first-order valence-corrected chi connectivity index (χ1v) is 10.6. The summed E-state index contributed by atoms with van der Waals surface area (Å²) >= 11 is 0. The molecule has 4 aliphatic heterocycles. The maximum atomic E-state index is 4.04. The van der Waals surface area contributed by atoms with Crippen LogP contribution in [0.5, 0.6) is 0 Å². The van der Waals surface area contributed by atoms with Crippen LogP contribution in [0.4, 0.5) is 0 Å². The Labute approximate surface area is 142 Å². The summed E-state index contributed by atoms with van der Waals surface area (Å²) in [5.41, 5.74) is 0.530. The van der Waals surface area contributed by atoms with E-state index in [0.717, 1.165) is 30.0 Å². The van der Waals surface area contributed by atoms with Gasteiger partial charge in [0.25, 0.3) is 0 Å². The molecule has 3 heteroatoms. The van der Waals surface area contributed by atoms with Gasteiger partial charge in [-0.05, 0) is 82.8 Å². The summed E-state index contributed by atoms with van der Waals surface area (Å²) in [6.45, 7) is 5.30. The predicted octanol–water partition coefficient (Wildman–Crippen LogP) is 2.76. The molecule has 6 atom stereocenters. The quantitative estimate of drug-likeness (QED) is 0.779. The molecule has 4 heterocycles. The molecule has 0 unspecified atom stereocenters. The second kappa shape index (κ2) is 6.00. The summed E-state index contributed by atoms with van der Waals surface area (Å²) < 4.78 is 0. The molecule has 1 saturated carbocycles. The number of nitrogens with zero attached hydrogens (tertiary/aromatic N) is 1. The van der Waals surface area contributed by atoms with Crippen molar-refractivity contribution in [3.8, 4) is 0 Å². The average Bonchev–Trinajstić information content (AvgIpc) is 2.63. The molecule has 23 heavy (non-hydrogen) atoms. The van der Waals surface area contributed by atoms with Crippen LogP contribution in [-0.2, 0) is 0 Å². The van der Waals surface area contributed by atoms with Crippen LogP contribution in [0.25, 0.3) is 0 Å². The molecule has 0 aromatic heterocycles. The molecule has 0 aromatic carbocycles. The molecule has 3 nitrogen and oxygen atoms in total. The van der Waals surface area contributed by atoms with Gasteiger partial charge in [0.1, 0.15) is 0 Å². The second-order valence-electron chi connectivity index (χ2n) is 9.30. The zero-order valence-electron chi connectivity index (χ0n) is 14.7. The van der Waals surface area contributed by atoms with Crippen molar-refractivity contribution >= 4 is 0 Å². The number of rotatable bonds is 1. The smallest absolute Gasteiger partial charge is 0.0179 e. The second-order valence-corrected chi connectivity index (χ2v) is 9.30. The van der Waals surface area contributed by atoms with E-state index in [4.69, 9.17) is 0 Å². The van der Waals surface area contributed by atoms with Crippen LogP contribution < -0.4 is 10.6 Å². The summed E-state index contributed by atoms with van der Waals surface area (Å²) in [4.78, 5) is 2.94. The van der Waals surface area contributed by atoms with Gasteiger partial charge in [-0.25, -0.2) is 0 Å². The molecule has 4 saturated heterocycles. The highest BCUT2D eigenvalue weighted by molar-refractivity contribution is 5.14. The molecule has 1 aliphatic carbocycles. The van der Waals surface area contributed by atoms with Crippen LogP contribution in [-0.4, -0.2) is 49.2 Å². The lowest BCUT2D eigenvalue weighted by Gasteiger charge is -2.64. The summed E-state index contributed by atoms with van der Waals surface area (Å²) in [6.07, 6.45) is 14.6. The van der Waals surface area contributed by atoms with Gasteiger partial charge in [0, 0.05) is 30.1 Å². The van der Waals surface area contributed by atoms with Gasteiger partial charge < -0.3 is 10.6 Å². The first-order chi connectivity index (χ1) is 11.4. The molecule has 0 amide bonds. The third-order valence-corrected chi connectivity index (χ3v) is 8.16. The fraction of sp³-hybridized carbons (Fsp3) is 1.00. The summed E-state index contributed by atoms with van der Waals surface area (Å²) in [5, 5.41) is 8.04. The largest absolute Gasteiger partial charge is 0.313 e. The first kappa shape index (κ1) is 15.2. The highest BCUT2D eigenvalue weighted by Gasteiger charge is 2.58. The van der Waals surface area contributed by atoms with Crippen LogP contribution in [0.1, 0.15) is 64.2 Å². The van der Waals surface area contributed by atoms with Gasteiger partial charge in [0.2, 0.25) is 0 Å². The van der Waals surface area contributed by atoms with Crippen molar-refractivity contribution in [1.29, 1.82) is 0 Å². The minimum absolute atomic E-state index is 0.530. The Morgan fingerprint density at radius 3 is 2.65 bits per heavy atom. The fourth-order valence-corrected chi connectivity index (χ4v) is 7.36. The van der Waals surface area contributed by atoms with Crippen molar-refractivity contribution in [2.75, 3.05) is 26.2 Å². The zero-order chi connectivity index (χ0) is 15.3. The van der Waals surface area contributed by atoms with Crippen LogP contribution in [0.15, 0.2) is 0 Å². The lowest BCUT2D eigenvalue weighted by molar-refractivity contribution is -0.117. The summed E-state index contributed by atoms with van der Waals surface area (Å²) in [5.74, 6) is 1.96. The van der Waals surface area contributed by atoms with E-state index >= 15 is 0 Å². The summed E-state index contributed by atoms with van der Waals surface area (Å²) in [7, 11) is 0. The Hall–Kier alpha value is -0.120. The van der Waals surface area contributed by atoms with Crippen molar-refractivity contribution < 1.29 is 0 Å². The topological polar surface area (TPSA) is 27.3 Å². The van der Waals surface area contributed by atoms with Gasteiger partial charge >= 0.3 is 0 Å². The van der Waals surface area contributed by atoms with Gasteiger partial charge in [-0.15, -0.1) is 0 Å². The highest BCUT2D eigenvalue weighted by Crippen LogP contribution is 2.55. The van der Waals surface area contributed by atoms with Crippen LogP contribution in [0.2, 0.25) is 0 Å².